The monoisotopic (exact) mass is 444 g/mol. The molecular formula is C25H37FN2O2Si. The van der Waals surface area contributed by atoms with Gasteiger partial charge in [-0.3, -0.25) is 0 Å². The van der Waals surface area contributed by atoms with E-state index in [0.717, 1.165) is 22.7 Å². The van der Waals surface area contributed by atoms with Crippen LogP contribution in [0.3, 0.4) is 0 Å². The van der Waals surface area contributed by atoms with E-state index in [1.54, 1.807) is 6.07 Å². The molecule has 0 atom stereocenters. The molecule has 3 aromatic rings. The molecule has 0 bridgehead atoms. The van der Waals surface area contributed by atoms with E-state index in [4.69, 9.17) is 9.72 Å². The molecule has 0 saturated carbocycles. The van der Waals surface area contributed by atoms with E-state index in [1.807, 2.05) is 12.3 Å². The predicted molar refractivity (Wildman–Crippen MR) is 130 cm³/mol. The number of rotatable bonds is 7. The molecule has 0 radical (unpaired) electrons. The SMILES string of the molecule is C.COc1cc(Cc2cn([Si](C(C)C)(C(C)C)C(C)C)c3ncccc23)c(F)cc1O. The Labute approximate surface area is 187 Å². The summed E-state index contributed by atoms with van der Waals surface area (Å²) in [5, 5.41) is 10.9. The fraction of sp³-hybridized carbons (Fsp3) is 0.480. The molecule has 2 heterocycles. The van der Waals surface area contributed by atoms with Gasteiger partial charge in [0.15, 0.2) is 19.7 Å². The van der Waals surface area contributed by atoms with Crippen molar-refractivity contribution in [2.24, 2.45) is 0 Å². The van der Waals surface area contributed by atoms with E-state index in [0.29, 0.717) is 28.6 Å². The second-order valence-corrected chi connectivity index (χ2v) is 14.8. The first kappa shape index (κ1) is 24.9. The molecule has 0 fully saturated rings. The van der Waals surface area contributed by atoms with Crippen molar-refractivity contribution in [3.63, 3.8) is 0 Å². The second-order valence-electron chi connectivity index (χ2n) is 9.04. The van der Waals surface area contributed by atoms with Gasteiger partial charge in [-0.15, -0.1) is 0 Å². The summed E-state index contributed by atoms with van der Waals surface area (Å²) in [6, 6.07) is 6.72. The van der Waals surface area contributed by atoms with Gasteiger partial charge in [-0.2, -0.15) is 0 Å². The molecule has 0 spiro atoms. The van der Waals surface area contributed by atoms with Crippen LogP contribution in [0.15, 0.2) is 36.7 Å². The molecule has 1 N–H and O–H groups in total. The van der Waals surface area contributed by atoms with Crippen molar-refractivity contribution in [2.75, 3.05) is 7.11 Å². The second kappa shape index (κ2) is 9.43. The summed E-state index contributed by atoms with van der Waals surface area (Å²) in [6.45, 7) is 13.9. The first-order valence-electron chi connectivity index (χ1n) is 10.6. The number of hydrogen-bond donors (Lipinski definition) is 1. The summed E-state index contributed by atoms with van der Waals surface area (Å²) in [4.78, 5) is 4.77. The molecule has 2 aromatic heterocycles. The fourth-order valence-corrected chi connectivity index (χ4v) is 12.1. The molecular weight excluding hydrogens is 407 g/mol. The smallest absolute Gasteiger partial charge is 0.171 e. The number of benzene rings is 1. The minimum atomic E-state index is -2.01. The Kier molecular flexibility index (Phi) is 7.58. The Bertz CT molecular complexity index is 1020. The van der Waals surface area contributed by atoms with Crippen molar-refractivity contribution in [3.05, 3.63) is 53.6 Å². The average molecular weight is 445 g/mol. The molecule has 6 heteroatoms. The number of ether oxygens (including phenoxy) is 1. The quantitative estimate of drug-likeness (QED) is 0.394. The largest absolute Gasteiger partial charge is 0.504 e. The van der Waals surface area contributed by atoms with Gasteiger partial charge in [-0.05, 0) is 45.9 Å². The Morgan fingerprint density at radius 3 is 2.23 bits per heavy atom. The Morgan fingerprint density at radius 1 is 1.06 bits per heavy atom. The van der Waals surface area contributed by atoms with Crippen LogP contribution in [0.25, 0.3) is 11.0 Å². The summed E-state index contributed by atoms with van der Waals surface area (Å²) in [5.74, 6) is -0.338. The molecule has 170 valence electrons. The normalized spacial score (nSPS) is 12.1. The summed E-state index contributed by atoms with van der Waals surface area (Å²) in [6.07, 6.45) is 4.46. The van der Waals surface area contributed by atoms with Crippen LogP contribution >= 0.6 is 0 Å². The topological polar surface area (TPSA) is 47.3 Å². The third-order valence-corrected chi connectivity index (χ3v) is 13.3. The van der Waals surface area contributed by atoms with Crippen LogP contribution in [0.1, 0.15) is 60.1 Å². The van der Waals surface area contributed by atoms with Crippen LogP contribution in [-0.4, -0.2) is 29.7 Å². The zero-order valence-electron chi connectivity index (χ0n) is 19.0. The number of phenols is 1. The molecule has 0 aliphatic rings. The van der Waals surface area contributed by atoms with Gasteiger partial charge >= 0.3 is 0 Å². The lowest BCUT2D eigenvalue weighted by molar-refractivity contribution is 0.370. The van der Waals surface area contributed by atoms with Crippen LogP contribution in [0, 0.1) is 5.82 Å². The van der Waals surface area contributed by atoms with Crippen molar-refractivity contribution in [2.45, 2.75) is 72.0 Å². The molecule has 0 saturated heterocycles. The van der Waals surface area contributed by atoms with Crippen LogP contribution in [0.4, 0.5) is 4.39 Å². The van der Waals surface area contributed by atoms with Gasteiger partial charge in [0.2, 0.25) is 0 Å². The van der Waals surface area contributed by atoms with Gasteiger partial charge in [0.25, 0.3) is 0 Å². The molecule has 0 aliphatic carbocycles. The van der Waals surface area contributed by atoms with E-state index in [-0.39, 0.29) is 18.9 Å². The Hall–Kier alpha value is -2.34. The third kappa shape index (κ3) is 4.10. The predicted octanol–water partition coefficient (Wildman–Crippen LogP) is 7.14. The lowest BCUT2D eigenvalue weighted by Crippen LogP contribution is -2.51. The van der Waals surface area contributed by atoms with Crippen molar-refractivity contribution >= 4 is 19.3 Å². The van der Waals surface area contributed by atoms with Gasteiger partial charge in [-0.25, -0.2) is 9.37 Å². The first-order chi connectivity index (χ1) is 14.1. The maximum Gasteiger partial charge on any atom is 0.171 e. The lowest BCUT2D eigenvalue weighted by atomic mass is 10.0. The van der Waals surface area contributed by atoms with Gasteiger partial charge < -0.3 is 14.1 Å². The molecule has 0 aliphatic heterocycles. The highest BCUT2D eigenvalue weighted by atomic mass is 28.3. The highest BCUT2D eigenvalue weighted by molar-refractivity contribution is 6.82. The molecule has 0 unspecified atom stereocenters. The summed E-state index contributed by atoms with van der Waals surface area (Å²) in [7, 11) is -0.536. The van der Waals surface area contributed by atoms with Gasteiger partial charge in [0.05, 0.1) is 7.11 Å². The molecule has 4 nitrogen and oxygen atoms in total. The number of phenolic OH excluding ortho intramolecular Hbond substituents is 1. The Balaban J connectivity index is 0.00000341. The van der Waals surface area contributed by atoms with Crippen molar-refractivity contribution in [1.29, 1.82) is 0 Å². The van der Waals surface area contributed by atoms with Crippen LogP contribution in [0.5, 0.6) is 11.5 Å². The maximum absolute atomic E-state index is 14.6. The van der Waals surface area contributed by atoms with Crippen LogP contribution < -0.4 is 4.74 Å². The number of aromatic hydroxyl groups is 1. The number of methoxy groups -OCH3 is 1. The van der Waals surface area contributed by atoms with Crippen molar-refractivity contribution < 1.29 is 14.2 Å². The van der Waals surface area contributed by atoms with Crippen LogP contribution in [0.2, 0.25) is 16.6 Å². The van der Waals surface area contributed by atoms with E-state index < -0.39 is 14.1 Å². The molecule has 0 amide bonds. The van der Waals surface area contributed by atoms with Crippen molar-refractivity contribution in [1.82, 2.24) is 9.22 Å². The third-order valence-electron chi connectivity index (χ3n) is 6.57. The van der Waals surface area contributed by atoms with E-state index in [9.17, 15) is 9.50 Å². The highest BCUT2D eigenvalue weighted by Crippen LogP contribution is 2.44. The van der Waals surface area contributed by atoms with E-state index in [1.165, 1.54) is 7.11 Å². The number of halogens is 1. The number of fused-ring (bicyclic) bond motifs is 1. The molecule has 31 heavy (non-hydrogen) atoms. The van der Waals surface area contributed by atoms with Gasteiger partial charge in [-0.1, -0.05) is 49.0 Å². The number of pyridine rings is 1. The molecule has 1 aromatic carbocycles. The van der Waals surface area contributed by atoms with E-state index in [2.05, 4.69) is 58.0 Å². The van der Waals surface area contributed by atoms with Crippen molar-refractivity contribution in [3.8, 4) is 11.5 Å². The van der Waals surface area contributed by atoms with E-state index >= 15 is 0 Å². The zero-order valence-corrected chi connectivity index (χ0v) is 20.0. The summed E-state index contributed by atoms with van der Waals surface area (Å²) < 4.78 is 22.3. The van der Waals surface area contributed by atoms with Gasteiger partial charge in [0, 0.05) is 30.3 Å². The fourth-order valence-electron chi connectivity index (χ4n) is 5.49. The minimum Gasteiger partial charge on any atom is -0.504 e. The number of nitrogens with zero attached hydrogens (tertiary/aromatic N) is 2. The minimum absolute atomic E-state index is 0. The highest BCUT2D eigenvalue weighted by Gasteiger charge is 2.46. The Morgan fingerprint density at radius 2 is 1.68 bits per heavy atom. The van der Waals surface area contributed by atoms with Crippen LogP contribution in [-0.2, 0) is 6.42 Å². The molecule has 3 rings (SSSR count). The first-order valence-corrected chi connectivity index (χ1v) is 12.8. The number of aromatic nitrogens is 2. The maximum atomic E-state index is 14.6. The average Bonchev–Trinajstić information content (AvgIpc) is 3.02. The van der Waals surface area contributed by atoms with Gasteiger partial charge in [0.1, 0.15) is 11.5 Å². The standard InChI is InChI=1S/C24H33FN2O2Si.CH4/c1-15(2)30(16(3)4,17(5)6)27-14-19(20-9-8-10-26-24(20)27)11-18-12-23(29-7)22(28)13-21(18)25;/h8-10,12-17,28H,11H2,1-7H3;1H4. The zero-order chi connectivity index (χ0) is 22.2. The number of hydrogen-bond acceptors (Lipinski definition) is 3. The summed E-state index contributed by atoms with van der Waals surface area (Å²) in [5.41, 5.74) is 4.10. The lowest BCUT2D eigenvalue weighted by Gasteiger charge is -2.44. The summed E-state index contributed by atoms with van der Waals surface area (Å²) >= 11 is 0.